The summed E-state index contributed by atoms with van der Waals surface area (Å²) in [5.74, 6) is -0.203. The Kier molecular flexibility index (Phi) is 13.0. The third-order valence-corrected chi connectivity index (χ3v) is 9.35. The Morgan fingerprint density at radius 3 is 1.77 bits per heavy atom. The third kappa shape index (κ3) is 9.47. The highest BCUT2D eigenvalue weighted by atomic mass is 32.2. The number of benzene rings is 2. The van der Waals surface area contributed by atoms with Gasteiger partial charge < -0.3 is 25.0 Å². The van der Waals surface area contributed by atoms with Gasteiger partial charge in [-0.1, -0.05) is 56.0 Å². The van der Waals surface area contributed by atoms with Gasteiger partial charge in [0, 0.05) is 23.5 Å². The molecule has 15 heteroatoms. The number of rotatable bonds is 9. The second-order valence-corrected chi connectivity index (χ2v) is 12.7. The quantitative estimate of drug-likeness (QED) is 0.221. The highest BCUT2D eigenvalue weighted by Gasteiger charge is 2.29. The van der Waals surface area contributed by atoms with E-state index in [1.807, 2.05) is 12.1 Å². The average Bonchev–Trinajstić information content (AvgIpc) is 3.76. The molecule has 0 radical (unpaired) electrons. The number of hydrogen-bond acceptors (Lipinski definition) is 12. The molecule has 4 heterocycles. The molecule has 13 nitrogen and oxygen atoms in total. The van der Waals surface area contributed by atoms with Gasteiger partial charge in [0.2, 0.25) is 0 Å². The number of carbonyl (C=O) groups is 2. The lowest BCUT2D eigenvalue weighted by Gasteiger charge is -2.12. The number of aliphatic hydroxyl groups excluding tert-OH is 2. The van der Waals surface area contributed by atoms with Crippen LogP contribution in [-0.4, -0.2) is 78.3 Å². The second kappa shape index (κ2) is 17.2. The fourth-order valence-electron chi connectivity index (χ4n) is 4.51. The first-order valence-electron chi connectivity index (χ1n) is 14.2. The average molecular weight is 682 g/mol. The SMILES string of the molecule is C.O=C(Cc1ccn([C@@H]2CO[C@H](CO)S2)c(=O)n1)c1ccccc1.O=C(Nc1ccn([C@H]2CO[C@@H](CO)S2)c(=O)n1)c1ccccc1. The zero-order valence-electron chi connectivity index (χ0n) is 24.4. The molecular weight excluding hydrogens is 647 g/mol. The van der Waals surface area contributed by atoms with Gasteiger partial charge in [0.25, 0.3) is 5.91 Å². The summed E-state index contributed by atoms with van der Waals surface area (Å²) in [7, 11) is 0. The fourth-order valence-corrected chi connectivity index (χ4v) is 6.59. The molecule has 0 spiro atoms. The number of ketones is 1. The molecule has 2 aliphatic rings. The number of hydrogen-bond donors (Lipinski definition) is 3. The second-order valence-electron chi connectivity index (χ2n) is 9.97. The van der Waals surface area contributed by atoms with E-state index in [0.717, 1.165) is 0 Å². The number of thioether (sulfide) groups is 2. The zero-order valence-corrected chi connectivity index (χ0v) is 26.0. The molecule has 0 aliphatic carbocycles. The molecule has 4 aromatic rings. The highest BCUT2D eigenvalue weighted by Crippen LogP contribution is 2.35. The van der Waals surface area contributed by atoms with Crippen LogP contribution in [0.25, 0.3) is 0 Å². The summed E-state index contributed by atoms with van der Waals surface area (Å²) in [6.45, 7) is 0.481. The first-order chi connectivity index (χ1) is 22.3. The molecule has 47 heavy (non-hydrogen) atoms. The third-order valence-electron chi connectivity index (χ3n) is 6.82. The van der Waals surface area contributed by atoms with Crippen LogP contribution in [0, 0.1) is 0 Å². The number of aromatic nitrogens is 4. The van der Waals surface area contributed by atoms with Crippen LogP contribution >= 0.6 is 23.5 Å². The Morgan fingerprint density at radius 1 is 0.766 bits per heavy atom. The van der Waals surface area contributed by atoms with Gasteiger partial charge >= 0.3 is 11.4 Å². The number of amides is 1. The molecule has 2 aliphatic heterocycles. The van der Waals surface area contributed by atoms with Crippen LogP contribution in [0.15, 0.2) is 94.8 Å². The lowest BCUT2D eigenvalue weighted by Crippen LogP contribution is -2.27. The van der Waals surface area contributed by atoms with Gasteiger partial charge in [0.1, 0.15) is 27.4 Å². The summed E-state index contributed by atoms with van der Waals surface area (Å²) < 4.78 is 13.6. The van der Waals surface area contributed by atoms with Gasteiger partial charge in [-0.3, -0.25) is 18.7 Å². The van der Waals surface area contributed by atoms with Crippen molar-refractivity contribution in [1.82, 2.24) is 19.1 Å². The van der Waals surface area contributed by atoms with Crippen molar-refractivity contribution in [2.45, 2.75) is 35.5 Å². The van der Waals surface area contributed by atoms with Crippen molar-refractivity contribution in [2.75, 3.05) is 31.7 Å². The van der Waals surface area contributed by atoms with Crippen molar-refractivity contribution in [2.24, 2.45) is 0 Å². The van der Waals surface area contributed by atoms with Crippen molar-refractivity contribution >= 4 is 41.0 Å². The fraction of sp³-hybridized carbons (Fsp3) is 0.312. The Balaban J connectivity index is 0.000000208. The topological polar surface area (TPSA) is 175 Å². The van der Waals surface area contributed by atoms with E-state index in [0.29, 0.717) is 30.0 Å². The standard InChI is InChI=1S/C16H16N2O4S.C15H15N3O4S.CH4/c19-9-15-22-10-14(23-15)18-7-6-12(17-16(18)21)8-13(20)11-4-2-1-3-5-11;19-8-13-22-9-12(23-13)18-7-6-11(17-15(18)21)16-14(20)10-4-2-1-3-5-10;/h1-7,14-15,19H,8-10H2;1-7,12-13,19H,8-9H2,(H,16,17,20,21);1H4/t14-,15-;12-,13-;/m01./s1. The van der Waals surface area contributed by atoms with Gasteiger partial charge in [0.05, 0.1) is 38.5 Å². The maximum absolute atomic E-state index is 12.1. The highest BCUT2D eigenvalue weighted by molar-refractivity contribution is 8.00. The van der Waals surface area contributed by atoms with Crippen LogP contribution in [0.4, 0.5) is 5.82 Å². The molecule has 2 aromatic heterocycles. The van der Waals surface area contributed by atoms with E-state index in [9.17, 15) is 19.2 Å². The van der Waals surface area contributed by atoms with Crippen molar-refractivity contribution in [3.63, 3.8) is 0 Å². The zero-order chi connectivity index (χ0) is 32.5. The van der Waals surface area contributed by atoms with Gasteiger partial charge in [0.15, 0.2) is 5.78 Å². The van der Waals surface area contributed by atoms with E-state index in [1.165, 1.54) is 32.7 Å². The predicted octanol–water partition coefficient (Wildman–Crippen LogP) is 2.96. The minimum Gasteiger partial charge on any atom is -0.393 e. The Hall–Kier alpha value is -4.12. The molecule has 3 N–H and O–H groups in total. The molecule has 2 aromatic carbocycles. The monoisotopic (exact) mass is 681 g/mol. The van der Waals surface area contributed by atoms with Crippen LogP contribution < -0.4 is 16.7 Å². The van der Waals surface area contributed by atoms with Crippen LogP contribution in [0.1, 0.15) is 44.6 Å². The van der Waals surface area contributed by atoms with Crippen molar-refractivity contribution in [3.05, 3.63) is 123 Å². The van der Waals surface area contributed by atoms with Crippen molar-refractivity contribution < 1.29 is 29.3 Å². The molecule has 248 valence electrons. The van der Waals surface area contributed by atoms with Gasteiger partial charge in [-0.15, -0.1) is 23.5 Å². The van der Waals surface area contributed by atoms with Crippen LogP contribution in [0.3, 0.4) is 0 Å². The molecule has 2 saturated heterocycles. The molecule has 1 amide bonds. The number of ether oxygens (including phenoxy) is 2. The van der Waals surface area contributed by atoms with E-state index >= 15 is 0 Å². The number of anilines is 1. The van der Waals surface area contributed by atoms with Gasteiger partial charge in [-0.2, -0.15) is 9.97 Å². The Bertz CT molecular complexity index is 1630. The van der Waals surface area contributed by atoms with Crippen LogP contribution in [0.2, 0.25) is 0 Å². The number of carbonyl (C=O) groups excluding carboxylic acids is 2. The molecule has 4 atom stereocenters. The minimum atomic E-state index is -0.476. The smallest absolute Gasteiger partial charge is 0.350 e. The van der Waals surface area contributed by atoms with Crippen molar-refractivity contribution in [1.29, 1.82) is 0 Å². The normalized spacial score (nSPS) is 20.0. The van der Waals surface area contributed by atoms with Gasteiger partial charge in [-0.05, 0) is 24.3 Å². The van der Waals surface area contributed by atoms with Gasteiger partial charge in [-0.25, -0.2) is 9.59 Å². The summed E-state index contributed by atoms with van der Waals surface area (Å²) >= 11 is 2.74. The van der Waals surface area contributed by atoms with Crippen LogP contribution in [0.5, 0.6) is 0 Å². The largest absolute Gasteiger partial charge is 0.393 e. The Labute approximate surface area is 279 Å². The van der Waals surface area contributed by atoms with Crippen LogP contribution in [-0.2, 0) is 15.9 Å². The first-order valence-corrected chi connectivity index (χ1v) is 16.1. The summed E-state index contributed by atoms with van der Waals surface area (Å²) in [5, 5.41) is 20.3. The van der Waals surface area contributed by atoms with E-state index in [1.54, 1.807) is 73.1 Å². The molecule has 0 bridgehead atoms. The number of nitrogens with zero attached hydrogens (tertiary/aromatic N) is 4. The minimum absolute atomic E-state index is 0. The van der Waals surface area contributed by atoms with Crippen molar-refractivity contribution in [3.8, 4) is 0 Å². The van der Waals surface area contributed by atoms with E-state index in [-0.39, 0.29) is 66.2 Å². The molecule has 0 saturated carbocycles. The van der Waals surface area contributed by atoms with E-state index in [4.69, 9.17) is 19.7 Å². The summed E-state index contributed by atoms with van der Waals surface area (Å²) in [4.78, 5) is 56.3. The Morgan fingerprint density at radius 2 is 1.28 bits per heavy atom. The molecule has 0 unspecified atom stereocenters. The maximum atomic E-state index is 12.1. The number of aliphatic hydroxyl groups is 2. The predicted molar refractivity (Wildman–Crippen MR) is 180 cm³/mol. The molecule has 6 rings (SSSR count). The summed E-state index contributed by atoms with van der Waals surface area (Å²) in [6, 6.07) is 20.9. The lowest BCUT2D eigenvalue weighted by atomic mass is 10.1. The van der Waals surface area contributed by atoms with E-state index < -0.39 is 11.4 Å². The van der Waals surface area contributed by atoms with E-state index in [2.05, 4.69) is 15.3 Å². The summed E-state index contributed by atoms with van der Waals surface area (Å²) in [5.41, 5.74) is 0.00459. The maximum Gasteiger partial charge on any atom is 0.350 e. The first kappa shape index (κ1) is 35.7. The lowest BCUT2D eigenvalue weighted by molar-refractivity contribution is 0.0803. The summed E-state index contributed by atoms with van der Waals surface area (Å²) in [6.07, 6.45) is 3.29. The molecular formula is C32H35N5O8S2. The molecule has 2 fully saturated rings. The number of nitrogens with one attached hydrogen (secondary N) is 1. The number of Topliss-reactive ketones (excluding diaryl/α,β-unsaturated/α-hetero) is 1.